The van der Waals surface area contributed by atoms with E-state index in [-0.39, 0.29) is 23.0 Å². The monoisotopic (exact) mass is 402 g/mol. The number of benzene rings is 2. The number of amides is 2. The Kier molecular flexibility index (Phi) is 5.44. The quantitative estimate of drug-likeness (QED) is 0.703. The fraction of sp³-hybridized carbons (Fsp3) is 0.280. The van der Waals surface area contributed by atoms with Gasteiger partial charge in [0.25, 0.3) is 5.91 Å². The van der Waals surface area contributed by atoms with Crippen molar-refractivity contribution in [3.63, 3.8) is 0 Å². The van der Waals surface area contributed by atoms with Gasteiger partial charge in [-0.3, -0.25) is 9.59 Å². The van der Waals surface area contributed by atoms with Crippen LogP contribution >= 0.6 is 0 Å². The molecule has 5 nitrogen and oxygen atoms in total. The molecular formula is C25H26N2O3. The topological polar surface area (TPSA) is 62.6 Å². The Morgan fingerprint density at radius 3 is 2.40 bits per heavy atom. The summed E-state index contributed by atoms with van der Waals surface area (Å²) in [6.07, 6.45) is 1.96. The number of fused-ring (bicyclic) bond motifs is 1. The lowest BCUT2D eigenvalue weighted by molar-refractivity contribution is -0.126. The predicted molar refractivity (Wildman–Crippen MR) is 115 cm³/mol. The number of hydrogen-bond acceptors (Lipinski definition) is 3. The molecule has 1 aliphatic rings. The third-order valence-electron chi connectivity index (χ3n) is 5.80. The van der Waals surface area contributed by atoms with E-state index in [0.29, 0.717) is 19.5 Å². The molecule has 1 N–H and O–H groups in total. The molecule has 154 valence electrons. The second-order valence-corrected chi connectivity index (χ2v) is 8.37. The van der Waals surface area contributed by atoms with E-state index in [1.165, 1.54) is 6.26 Å². The number of nitrogens with one attached hydrogen (secondary N) is 1. The molecule has 1 unspecified atom stereocenters. The maximum absolute atomic E-state index is 13.2. The van der Waals surface area contributed by atoms with Crippen molar-refractivity contribution < 1.29 is 14.0 Å². The van der Waals surface area contributed by atoms with Gasteiger partial charge in [-0.15, -0.1) is 0 Å². The van der Waals surface area contributed by atoms with Crippen molar-refractivity contribution in [2.24, 2.45) is 0 Å². The molecule has 2 aromatic carbocycles. The van der Waals surface area contributed by atoms with Gasteiger partial charge in [0.15, 0.2) is 5.76 Å². The molecular weight excluding hydrogens is 376 g/mol. The summed E-state index contributed by atoms with van der Waals surface area (Å²) in [7, 11) is 0. The van der Waals surface area contributed by atoms with Gasteiger partial charge in [-0.25, -0.2) is 0 Å². The van der Waals surface area contributed by atoms with E-state index >= 15 is 0 Å². The van der Waals surface area contributed by atoms with E-state index in [0.717, 1.165) is 16.7 Å². The summed E-state index contributed by atoms with van der Waals surface area (Å²) in [5.74, 6) is -0.165. The molecule has 0 radical (unpaired) electrons. The average Bonchev–Trinajstić information content (AvgIpc) is 3.32. The van der Waals surface area contributed by atoms with E-state index in [4.69, 9.17) is 4.42 Å². The Bertz CT molecular complexity index is 1030. The van der Waals surface area contributed by atoms with Gasteiger partial charge in [0.2, 0.25) is 5.91 Å². The summed E-state index contributed by atoms with van der Waals surface area (Å²) in [6.45, 7) is 5.07. The first-order valence-corrected chi connectivity index (χ1v) is 10.2. The highest BCUT2D eigenvalue weighted by Crippen LogP contribution is 2.26. The lowest BCUT2D eigenvalue weighted by Gasteiger charge is -2.36. The van der Waals surface area contributed by atoms with E-state index in [1.54, 1.807) is 17.0 Å². The van der Waals surface area contributed by atoms with Gasteiger partial charge in [0.05, 0.1) is 6.26 Å². The summed E-state index contributed by atoms with van der Waals surface area (Å²) < 4.78 is 5.31. The van der Waals surface area contributed by atoms with Crippen molar-refractivity contribution in [2.45, 2.75) is 38.3 Å². The minimum absolute atomic E-state index is 0.145. The van der Waals surface area contributed by atoms with Crippen LogP contribution in [0.2, 0.25) is 0 Å². The SMILES string of the molecule is CC(C)(CNC(=O)C1Cc2ccccc2CN1C(=O)c1ccco1)c1ccccc1. The van der Waals surface area contributed by atoms with Crippen LogP contribution in [0.4, 0.5) is 0 Å². The van der Waals surface area contributed by atoms with Crippen molar-refractivity contribution in [1.29, 1.82) is 0 Å². The Morgan fingerprint density at radius 2 is 1.70 bits per heavy atom. The minimum atomic E-state index is -0.580. The Morgan fingerprint density at radius 1 is 1.00 bits per heavy atom. The maximum Gasteiger partial charge on any atom is 0.290 e. The van der Waals surface area contributed by atoms with Gasteiger partial charge in [-0.2, -0.15) is 0 Å². The van der Waals surface area contributed by atoms with Gasteiger partial charge in [-0.05, 0) is 28.8 Å². The summed E-state index contributed by atoms with van der Waals surface area (Å²) in [4.78, 5) is 27.9. The molecule has 4 rings (SSSR count). The fourth-order valence-corrected chi connectivity index (χ4v) is 3.93. The molecule has 3 aromatic rings. The molecule has 0 spiro atoms. The highest BCUT2D eigenvalue weighted by Gasteiger charge is 2.36. The predicted octanol–water partition coefficient (Wildman–Crippen LogP) is 3.94. The summed E-state index contributed by atoms with van der Waals surface area (Å²) in [5, 5.41) is 3.09. The highest BCUT2D eigenvalue weighted by atomic mass is 16.3. The molecule has 30 heavy (non-hydrogen) atoms. The first kappa shape index (κ1) is 20.0. The van der Waals surface area contributed by atoms with Crippen LogP contribution in [0, 0.1) is 0 Å². The fourth-order valence-electron chi connectivity index (χ4n) is 3.93. The highest BCUT2D eigenvalue weighted by molar-refractivity contribution is 5.96. The lowest BCUT2D eigenvalue weighted by atomic mass is 9.84. The van der Waals surface area contributed by atoms with Crippen LogP contribution < -0.4 is 5.32 Å². The Hall–Kier alpha value is -3.34. The van der Waals surface area contributed by atoms with E-state index in [9.17, 15) is 9.59 Å². The molecule has 1 aliphatic heterocycles. The minimum Gasteiger partial charge on any atom is -0.459 e. The number of hydrogen-bond donors (Lipinski definition) is 1. The molecule has 0 fully saturated rings. The zero-order valence-corrected chi connectivity index (χ0v) is 17.3. The third-order valence-corrected chi connectivity index (χ3v) is 5.80. The van der Waals surface area contributed by atoms with Gasteiger partial charge in [0.1, 0.15) is 6.04 Å². The number of furan rings is 1. The number of carbonyl (C=O) groups is 2. The number of nitrogens with zero attached hydrogens (tertiary/aromatic N) is 1. The second kappa shape index (κ2) is 8.19. The zero-order valence-electron chi connectivity index (χ0n) is 17.3. The van der Waals surface area contributed by atoms with Crippen molar-refractivity contribution >= 4 is 11.8 Å². The van der Waals surface area contributed by atoms with Crippen LogP contribution in [0.3, 0.4) is 0 Å². The third kappa shape index (κ3) is 4.01. The Balaban J connectivity index is 1.55. The van der Waals surface area contributed by atoms with Crippen LogP contribution in [-0.4, -0.2) is 29.3 Å². The zero-order chi connectivity index (χ0) is 21.1. The Labute approximate surface area is 176 Å². The molecule has 0 aliphatic carbocycles. The standard InChI is InChI=1S/C25H26N2O3/c1-25(2,20-11-4-3-5-12-20)17-26-23(28)21-15-18-9-6-7-10-19(18)16-27(21)24(29)22-13-8-14-30-22/h3-14,21H,15-17H2,1-2H3,(H,26,28). The molecule has 2 amide bonds. The summed E-state index contributed by atoms with van der Waals surface area (Å²) >= 11 is 0. The van der Waals surface area contributed by atoms with Crippen molar-refractivity contribution in [3.05, 3.63) is 95.4 Å². The number of carbonyl (C=O) groups excluding carboxylic acids is 2. The largest absolute Gasteiger partial charge is 0.459 e. The van der Waals surface area contributed by atoms with E-state index in [1.807, 2.05) is 42.5 Å². The van der Waals surface area contributed by atoms with Crippen molar-refractivity contribution in [3.8, 4) is 0 Å². The van der Waals surface area contributed by atoms with E-state index < -0.39 is 6.04 Å². The molecule has 2 heterocycles. The summed E-state index contributed by atoms with van der Waals surface area (Å²) in [6, 6.07) is 20.8. The summed E-state index contributed by atoms with van der Waals surface area (Å²) in [5.41, 5.74) is 3.09. The van der Waals surface area contributed by atoms with Crippen LogP contribution in [0.1, 0.15) is 41.1 Å². The molecule has 1 atom stereocenters. The molecule has 1 aromatic heterocycles. The van der Waals surface area contributed by atoms with Crippen molar-refractivity contribution in [1.82, 2.24) is 10.2 Å². The van der Waals surface area contributed by atoms with E-state index in [2.05, 4.69) is 31.3 Å². The first-order valence-electron chi connectivity index (χ1n) is 10.2. The van der Waals surface area contributed by atoms with Gasteiger partial charge in [-0.1, -0.05) is 68.4 Å². The van der Waals surface area contributed by atoms with Gasteiger partial charge < -0.3 is 14.6 Å². The first-order chi connectivity index (χ1) is 14.5. The maximum atomic E-state index is 13.2. The number of rotatable bonds is 5. The molecule has 0 saturated carbocycles. The lowest BCUT2D eigenvalue weighted by Crippen LogP contribution is -2.53. The van der Waals surface area contributed by atoms with Crippen LogP contribution in [0.5, 0.6) is 0 Å². The molecule has 0 saturated heterocycles. The van der Waals surface area contributed by atoms with Gasteiger partial charge >= 0.3 is 0 Å². The average molecular weight is 402 g/mol. The normalized spacial score (nSPS) is 16.1. The molecule has 0 bridgehead atoms. The molecule has 5 heteroatoms. The van der Waals surface area contributed by atoms with Gasteiger partial charge in [0, 0.05) is 24.9 Å². The van der Waals surface area contributed by atoms with Crippen LogP contribution in [-0.2, 0) is 23.2 Å². The smallest absolute Gasteiger partial charge is 0.290 e. The van der Waals surface area contributed by atoms with Crippen LogP contribution in [0.25, 0.3) is 0 Å². The van der Waals surface area contributed by atoms with Crippen LogP contribution in [0.15, 0.2) is 77.4 Å². The van der Waals surface area contributed by atoms with Crippen molar-refractivity contribution in [2.75, 3.05) is 6.54 Å². The second-order valence-electron chi connectivity index (χ2n) is 8.37.